The van der Waals surface area contributed by atoms with Gasteiger partial charge in [0.15, 0.2) is 0 Å². The molecule has 78 valence electrons. The summed E-state index contributed by atoms with van der Waals surface area (Å²) in [6.07, 6.45) is 0. The van der Waals surface area contributed by atoms with Crippen LogP contribution in [-0.2, 0) is 6.54 Å². The van der Waals surface area contributed by atoms with Gasteiger partial charge in [-0.15, -0.1) is 5.10 Å². The van der Waals surface area contributed by atoms with Crippen LogP contribution in [0.1, 0.15) is 5.69 Å². The lowest BCUT2D eigenvalue weighted by atomic mass is 10.3. The van der Waals surface area contributed by atoms with Gasteiger partial charge < -0.3 is 5.32 Å². The van der Waals surface area contributed by atoms with Gasteiger partial charge >= 0.3 is 0 Å². The number of rotatable bonds is 3. The number of hydrogen-bond acceptors (Lipinski definition) is 4. The number of anilines is 1. The Kier molecular flexibility index (Phi) is 3.71. The summed E-state index contributed by atoms with van der Waals surface area (Å²) in [5.74, 6) is 0. The number of nitrogens with zero attached hydrogens (tertiary/aromatic N) is 2. The van der Waals surface area contributed by atoms with E-state index in [1.807, 2.05) is 23.6 Å². The summed E-state index contributed by atoms with van der Waals surface area (Å²) in [7, 11) is 0. The third kappa shape index (κ3) is 2.76. The molecule has 6 heteroatoms. The van der Waals surface area contributed by atoms with Gasteiger partial charge in [0.1, 0.15) is 0 Å². The summed E-state index contributed by atoms with van der Waals surface area (Å²) in [4.78, 5) is 0. The molecule has 15 heavy (non-hydrogen) atoms. The monoisotopic (exact) mass is 347 g/mol. The van der Waals surface area contributed by atoms with E-state index in [-0.39, 0.29) is 0 Å². The molecule has 0 radical (unpaired) electrons. The molecular weight excluding hydrogens is 342 g/mol. The maximum Gasteiger partial charge on any atom is 0.0946 e. The molecule has 0 saturated heterocycles. The summed E-state index contributed by atoms with van der Waals surface area (Å²) in [5.41, 5.74) is 1.98. The summed E-state index contributed by atoms with van der Waals surface area (Å²) < 4.78 is 5.86. The maximum absolute atomic E-state index is 3.97. The van der Waals surface area contributed by atoms with Crippen molar-refractivity contribution in [2.24, 2.45) is 0 Å². The van der Waals surface area contributed by atoms with Crippen molar-refractivity contribution in [1.29, 1.82) is 0 Å². The average Bonchev–Trinajstić information content (AvgIpc) is 2.70. The molecule has 0 spiro atoms. The van der Waals surface area contributed by atoms with Gasteiger partial charge in [0.05, 0.1) is 17.9 Å². The van der Waals surface area contributed by atoms with Gasteiger partial charge in [-0.3, -0.25) is 0 Å². The summed E-state index contributed by atoms with van der Waals surface area (Å²) in [5, 5.41) is 9.19. The van der Waals surface area contributed by atoms with E-state index in [1.54, 1.807) is 0 Å². The molecule has 0 saturated carbocycles. The number of benzene rings is 1. The SMILES string of the molecule is Brc1cccc(Br)c1NCc1csnn1. The molecule has 3 nitrogen and oxygen atoms in total. The fourth-order valence-corrected chi connectivity index (χ4v) is 2.84. The highest BCUT2D eigenvalue weighted by molar-refractivity contribution is 9.11. The molecule has 1 N–H and O–H groups in total. The number of nitrogens with one attached hydrogen (secondary N) is 1. The van der Waals surface area contributed by atoms with E-state index in [0.29, 0.717) is 6.54 Å². The Morgan fingerprint density at radius 2 is 2.00 bits per heavy atom. The second-order valence-corrected chi connectivity index (χ2v) is 5.16. The van der Waals surface area contributed by atoms with E-state index in [9.17, 15) is 0 Å². The molecule has 0 fully saturated rings. The second-order valence-electron chi connectivity index (χ2n) is 2.85. The van der Waals surface area contributed by atoms with Crippen molar-refractivity contribution >= 4 is 49.1 Å². The standard InChI is InChI=1S/C9H7Br2N3S/c10-7-2-1-3-8(11)9(7)12-4-6-5-15-14-13-6/h1-3,5,12H,4H2. The Morgan fingerprint density at radius 1 is 1.27 bits per heavy atom. The normalized spacial score (nSPS) is 10.3. The van der Waals surface area contributed by atoms with Crippen molar-refractivity contribution in [3.63, 3.8) is 0 Å². The first-order valence-electron chi connectivity index (χ1n) is 4.21. The third-order valence-corrected chi connectivity index (χ3v) is 3.69. The largest absolute Gasteiger partial charge is 0.377 e. The number of aromatic nitrogens is 2. The minimum atomic E-state index is 0.678. The number of hydrogen-bond donors (Lipinski definition) is 1. The molecule has 2 rings (SSSR count). The van der Waals surface area contributed by atoms with Crippen LogP contribution < -0.4 is 5.32 Å². The molecule has 0 aliphatic carbocycles. The zero-order valence-corrected chi connectivity index (χ0v) is 11.6. The van der Waals surface area contributed by atoms with Crippen LogP contribution in [0.25, 0.3) is 0 Å². The van der Waals surface area contributed by atoms with Gasteiger partial charge in [0.2, 0.25) is 0 Å². The van der Waals surface area contributed by atoms with Crippen LogP contribution in [0.3, 0.4) is 0 Å². The molecular formula is C9H7Br2N3S. The number of para-hydroxylation sites is 1. The van der Waals surface area contributed by atoms with Gasteiger partial charge in [-0.05, 0) is 55.5 Å². The first-order valence-corrected chi connectivity index (χ1v) is 6.63. The molecule has 0 unspecified atom stereocenters. The molecule has 2 aromatic rings. The first-order chi connectivity index (χ1) is 7.27. The minimum Gasteiger partial charge on any atom is -0.377 e. The van der Waals surface area contributed by atoms with Crippen molar-refractivity contribution in [2.45, 2.75) is 6.54 Å². The predicted octanol–water partition coefficient (Wildman–Crippen LogP) is 3.68. The van der Waals surface area contributed by atoms with Crippen molar-refractivity contribution < 1.29 is 0 Å². The lowest BCUT2D eigenvalue weighted by Crippen LogP contribution is -2.01. The van der Waals surface area contributed by atoms with E-state index in [2.05, 4.69) is 46.8 Å². The van der Waals surface area contributed by atoms with Gasteiger partial charge in [-0.25, -0.2) is 0 Å². The van der Waals surface area contributed by atoms with Crippen molar-refractivity contribution in [2.75, 3.05) is 5.32 Å². The van der Waals surface area contributed by atoms with E-state index >= 15 is 0 Å². The molecule has 0 atom stereocenters. The third-order valence-electron chi connectivity index (χ3n) is 1.81. The van der Waals surface area contributed by atoms with Crippen LogP contribution in [0.5, 0.6) is 0 Å². The van der Waals surface area contributed by atoms with Crippen LogP contribution >= 0.6 is 43.4 Å². The highest BCUT2D eigenvalue weighted by atomic mass is 79.9. The molecule has 0 aliphatic heterocycles. The molecule has 0 bridgehead atoms. The average molecular weight is 349 g/mol. The summed E-state index contributed by atoms with van der Waals surface area (Å²) in [6.45, 7) is 0.678. The molecule has 0 aliphatic rings. The van der Waals surface area contributed by atoms with Crippen molar-refractivity contribution in [1.82, 2.24) is 9.59 Å². The first kappa shape index (κ1) is 11.0. The van der Waals surface area contributed by atoms with Crippen molar-refractivity contribution in [3.05, 3.63) is 38.2 Å². The van der Waals surface area contributed by atoms with Gasteiger partial charge in [0.25, 0.3) is 0 Å². The van der Waals surface area contributed by atoms with Crippen LogP contribution in [-0.4, -0.2) is 9.59 Å². The van der Waals surface area contributed by atoms with Gasteiger partial charge in [-0.1, -0.05) is 10.6 Å². The minimum absolute atomic E-state index is 0.678. The second kappa shape index (κ2) is 5.05. The number of halogens is 2. The van der Waals surface area contributed by atoms with E-state index in [0.717, 1.165) is 20.3 Å². The fourth-order valence-electron chi connectivity index (χ4n) is 1.11. The van der Waals surface area contributed by atoms with Crippen LogP contribution in [0.2, 0.25) is 0 Å². The lowest BCUT2D eigenvalue weighted by Gasteiger charge is -2.08. The predicted molar refractivity (Wildman–Crippen MR) is 69.1 cm³/mol. The Hall–Kier alpha value is -0.460. The topological polar surface area (TPSA) is 37.8 Å². The van der Waals surface area contributed by atoms with E-state index < -0.39 is 0 Å². The Bertz CT molecular complexity index is 424. The Labute approximate surface area is 108 Å². The maximum atomic E-state index is 3.97. The highest BCUT2D eigenvalue weighted by Gasteiger charge is 2.04. The zero-order chi connectivity index (χ0) is 10.7. The molecule has 1 aromatic heterocycles. The Morgan fingerprint density at radius 3 is 2.60 bits per heavy atom. The zero-order valence-electron chi connectivity index (χ0n) is 7.58. The lowest BCUT2D eigenvalue weighted by molar-refractivity contribution is 0.997. The van der Waals surface area contributed by atoms with E-state index in [4.69, 9.17) is 0 Å². The Balaban J connectivity index is 2.11. The van der Waals surface area contributed by atoms with E-state index in [1.165, 1.54) is 11.5 Å². The van der Waals surface area contributed by atoms with Gasteiger partial charge in [-0.2, -0.15) is 0 Å². The van der Waals surface area contributed by atoms with Gasteiger partial charge in [0, 0.05) is 14.3 Å². The fraction of sp³-hybridized carbons (Fsp3) is 0.111. The smallest absolute Gasteiger partial charge is 0.0946 e. The highest BCUT2D eigenvalue weighted by Crippen LogP contribution is 2.30. The van der Waals surface area contributed by atoms with Crippen LogP contribution in [0, 0.1) is 0 Å². The van der Waals surface area contributed by atoms with Crippen molar-refractivity contribution in [3.8, 4) is 0 Å². The van der Waals surface area contributed by atoms with Crippen LogP contribution in [0.15, 0.2) is 32.5 Å². The summed E-state index contributed by atoms with van der Waals surface area (Å²) >= 11 is 8.33. The van der Waals surface area contributed by atoms with Crippen LogP contribution in [0.4, 0.5) is 5.69 Å². The molecule has 0 amide bonds. The molecule has 1 heterocycles. The molecule has 1 aromatic carbocycles. The quantitative estimate of drug-likeness (QED) is 0.919. The summed E-state index contributed by atoms with van der Waals surface area (Å²) in [6, 6.07) is 5.96.